The Morgan fingerprint density at radius 1 is 1.02 bits per heavy atom. The number of carboxylic acids is 1. The molecule has 284 valence electrons. The van der Waals surface area contributed by atoms with Crippen LogP contribution in [0.2, 0.25) is 10.0 Å². The highest BCUT2D eigenvalue weighted by molar-refractivity contribution is 6.33. The van der Waals surface area contributed by atoms with Crippen molar-refractivity contribution >= 4 is 58.6 Å². The Labute approximate surface area is 320 Å². The average Bonchev–Trinajstić information content (AvgIpc) is 3.51. The van der Waals surface area contributed by atoms with Crippen LogP contribution in [0.4, 0.5) is 19.0 Å². The zero-order valence-corrected chi connectivity index (χ0v) is 29.9. The number of fused-ring (bicyclic) bond motifs is 5. The molecule has 17 heteroatoms. The minimum Gasteiger partial charge on any atom is -0.508 e. The molecule has 3 fully saturated rings. The lowest BCUT2D eigenvalue weighted by Gasteiger charge is -2.51. The second-order valence-electron chi connectivity index (χ2n) is 14.2. The van der Waals surface area contributed by atoms with Crippen molar-refractivity contribution in [2.75, 3.05) is 12.0 Å². The van der Waals surface area contributed by atoms with Gasteiger partial charge in [0.25, 0.3) is 11.8 Å². The highest BCUT2D eigenvalue weighted by Gasteiger charge is 2.70. The monoisotopic (exact) mass is 796 g/mol. The number of phenolic OH excluding ortho intramolecular Hbond substituents is 1. The third kappa shape index (κ3) is 5.74. The maximum absolute atomic E-state index is 15.3. The molecule has 55 heavy (non-hydrogen) atoms. The Kier molecular flexibility index (Phi) is 8.72. The number of carboxylic acid groups (broad SMARTS) is 1. The van der Waals surface area contributed by atoms with E-state index in [1.54, 1.807) is 36.4 Å². The molecule has 5 aliphatic rings. The fraction of sp³-hybridized carbons (Fsp3) is 0.316. The summed E-state index contributed by atoms with van der Waals surface area (Å²) in [4.78, 5) is 74.0. The third-order valence-corrected chi connectivity index (χ3v) is 11.9. The highest BCUT2D eigenvalue weighted by atomic mass is 35.5. The predicted octanol–water partition coefficient (Wildman–Crippen LogP) is 5.92. The molecular weight excluding hydrogens is 768 g/mol. The van der Waals surface area contributed by atoms with Crippen LogP contribution in [0, 0.1) is 29.6 Å². The van der Waals surface area contributed by atoms with Gasteiger partial charge < -0.3 is 14.9 Å². The summed E-state index contributed by atoms with van der Waals surface area (Å²) in [6.45, 7) is -0.334. The Morgan fingerprint density at radius 2 is 1.76 bits per heavy atom. The van der Waals surface area contributed by atoms with Gasteiger partial charge in [0, 0.05) is 35.7 Å². The minimum atomic E-state index is -4.77. The van der Waals surface area contributed by atoms with Gasteiger partial charge in [-0.2, -0.15) is 18.2 Å². The predicted molar refractivity (Wildman–Crippen MR) is 187 cm³/mol. The number of rotatable bonds is 7. The number of aromatic nitrogens is 1. The molecule has 0 unspecified atom stereocenters. The Morgan fingerprint density at radius 3 is 2.45 bits per heavy atom. The van der Waals surface area contributed by atoms with Gasteiger partial charge in [0.1, 0.15) is 11.5 Å². The molecule has 3 N–H and O–H groups in total. The zero-order chi connectivity index (χ0) is 39.1. The van der Waals surface area contributed by atoms with Crippen LogP contribution in [0.1, 0.15) is 36.0 Å². The molecule has 12 nitrogen and oxygen atoms in total. The van der Waals surface area contributed by atoms with Crippen molar-refractivity contribution in [2.45, 2.75) is 37.3 Å². The maximum atomic E-state index is 15.3. The molecule has 3 aromatic rings. The number of aromatic hydroxyl groups is 1. The zero-order valence-electron chi connectivity index (χ0n) is 28.3. The van der Waals surface area contributed by atoms with Crippen LogP contribution in [-0.4, -0.2) is 61.2 Å². The van der Waals surface area contributed by atoms with E-state index in [1.807, 2.05) is 0 Å². The van der Waals surface area contributed by atoms with Gasteiger partial charge in [-0.25, -0.2) is 4.98 Å². The molecule has 2 aromatic carbocycles. The van der Waals surface area contributed by atoms with E-state index in [0.717, 1.165) is 4.90 Å². The smallest absolute Gasteiger partial charge is 0.417 e. The first-order valence-corrected chi connectivity index (χ1v) is 17.9. The van der Waals surface area contributed by atoms with Gasteiger partial charge in [-0.15, -0.1) is 0 Å². The summed E-state index contributed by atoms with van der Waals surface area (Å²) in [5, 5.41) is 20.2. The molecule has 4 amide bonds. The number of imide groups is 2. The molecular formula is C38H29Cl2F3N4O8. The number of pyridine rings is 1. The lowest BCUT2D eigenvalue weighted by molar-refractivity contribution is -0.143. The summed E-state index contributed by atoms with van der Waals surface area (Å²) in [5.74, 6) is -8.75. The van der Waals surface area contributed by atoms with E-state index in [9.17, 15) is 42.6 Å². The van der Waals surface area contributed by atoms with Gasteiger partial charge in [-0.3, -0.25) is 34.3 Å². The second kappa shape index (κ2) is 13.1. The van der Waals surface area contributed by atoms with Crippen molar-refractivity contribution < 1.29 is 52.1 Å². The number of likely N-dealkylation sites (tertiary alicyclic amines) is 1. The fourth-order valence-electron chi connectivity index (χ4n) is 9.09. The number of alkyl halides is 3. The highest BCUT2D eigenvalue weighted by Crippen LogP contribution is 2.63. The molecule has 0 radical (unpaired) electrons. The number of hydrogen-bond donors (Lipinski definition) is 3. The number of allylic oxidation sites excluding steroid dienone is 3. The first-order chi connectivity index (χ1) is 26.1. The molecule has 0 bridgehead atoms. The number of hydrogen-bond acceptors (Lipinski definition) is 9. The summed E-state index contributed by atoms with van der Waals surface area (Å²) in [5.41, 5.74) is 1.67. The van der Waals surface area contributed by atoms with Gasteiger partial charge in [-0.05, 0) is 66.3 Å². The maximum Gasteiger partial charge on any atom is 0.417 e. The van der Waals surface area contributed by atoms with Crippen molar-refractivity contribution in [3.63, 3.8) is 0 Å². The van der Waals surface area contributed by atoms with Gasteiger partial charge in [0.05, 0.1) is 46.4 Å². The topological polar surface area (TPSA) is 166 Å². The van der Waals surface area contributed by atoms with Gasteiger partial charge >= 0.3 is 12.1 Å². The largest absolute Gasteiger partial charge is 0.508 e. The SMILES string of the molecule is O=C(O)CCN1C(=O)[C@H]2[C@H](CC=C3[C@H](C4=COc5ccc(O)cc5C4)[C@]4(c5ccc(Cl)cc5)C(=O)N(Nc5ncc(C(F)(F)F)cc5Cl)C(=O)[C@@H]4C[C@H]32)C1=O. The van der Waals surface area contributed by atoms with E-state index < -0.39 is 93.6 Å². The van der Waals surface area contributed by atoms with Crippen LogP contribution in [0.15, 0.2) is 78.2 Å². The van der Waals surface area contributed by atoms with Gasteiger partial charge in [-0.1, -0.05) is 47.0 Å². The number of carbonyl (C=O) groups is 5. The number of anilines is 1. The van der Waals surface area contributed by atoms with Crippen LogP contribution in [0.5, 0.6) is 11.5 Å². The van der Waals surface area contributed by atoms with Crippen LogP contribution < -0.4 is 10.2 Å². The summed E-state index contributed by atoms with van der Waals surface area (Å²) in [6, 6.07) is 11.5. The number of nitrogens with one attached hydrogen (secondary N) is 1. The van der Waals surface area contributed by atoms with Crippen LogP contribution >= 0.6 is 23.2 Å². The van der Waals surface area contributed by atoms with Crippen molar-refractivity contribution in [3.8, 4) is 11.5 Å². The summed E-state index contributed by atoms with van der Waals surface area (Å²) in [7, 11) is 0. The first kappa shape index (κ1) is 36.6. The molecule has 4 heterocycles. The van der Waals surface area contributed by atoms with E-state index in [1.165, 1.54) is 18.4 Å². The van der Waals surface area contributed by atoms with Crippen LogP contribution in [-0.2, 0) is 42.0 Å². The van der Waals surface area contributed by atoms with Gasteiger partial charge in [0.2, 0.25) is 11.8 Å². The third-order valence-electron chi connectivity index (χ3n) is 11.3. The molecule has 1 aromatic heterocycles. The number of amides is 4. The molecule has 1 saturated carbocycles. The van der Waals surface area contributed by atoms with Crippen molar-refractivity contribution in [2.24, 2.45) is 29.6 Å². The van der Waals surface area contributed by atoms with E-state index in [2.05, 4.69) is 10.4 Å². The van der Waals surface area contributed by atoms with E-state index in [-0.39, 0.29) is 31.6 Å². The van der Waals surface area contributed by atoms with Crippen molar-refractivity contribution in [3.05, 3.63) is 105 Å². The number of nitrogens with zero attached hydrogens (tertiary/aromatic N) is 3. The summed E-state index contributed by atoms with van der Waals surface area (Å²) >= 11 is 12.6. The average molecular weight is 798 g/mol. The molecule has 2 aliphatic carbocycles. The molecule has 8 rings (SSSR count). The van der Waals surface area contributed by atoms with E-state index in [4.69, 9.17) is 27.9 Å². The number of phenols is 1. The summed E-state index contributed by atoms with van der Waals surface area (Å²) < 4.78 is 46.5. The lowest BCUT2D eigenvalue weighted by atomic mass is 9.48. The second-order valence-corrected chi connectivity index (χ2v) is 15.0. The van der Waals surface area contributed by atoms with E-state index >= 15 is 4.79 Å². The van der Waals surface area contributed by atoms with Crippen molar-refractivity contribution in [1.29, 1.82) is 0 Å². The number of benzene rings is 2. The number of hydrazine groups is 1. The first-order valence-electron chi connectivity index (χ1n) is 17.2. The Bertz CT molecular complexity index is 2260. The van der Waals surface area contributed by atoms with E-state index in [0.29, 0.717) is 50.3 Å². The lowest BCUT2D eigenvalue weighted by Crippen LogP contribution is -2.55. The molecule has 2 saturated heterocycles. The Balaban J connectivity index is 1.30. The van der Waals surface area contributed by atoms with Crippen molar-refractivity contribution in [1.82, 2.24) is 14.9 Å². The quantitative estimate of drug-likeness (QED) is 0.193. The number of halogens is 5. The minimum absolute atomic E-state index is 0.0462. The molecule has 3 aliphatic heterocycles. The van der Waals surface area contributed by atoms with Gasteiger partial charge in [0.15, 0.2) is 5.82 Å². The molecule has 0 spiro atoms. The van der Waals surface area contributed by atoms with Crippen LogP contribution in [0.3, 0.4) is 0 Å². The number of aliphatic carboxylic acids is 1. The van der Waals surface area contributed by atoms with Crippen LogP contribution in [0.25, 0.3) is 0 Å². The standard InChI is InChI=1S/C38H29Cl2F3N4O8/c39-21-3-1-19(2-4-21)37-26(34(52)47(36(37)54)45-32-27(40)13-20(15-44-32)38(41,42)43)14-25-23(31(37)18-11-17-12-22(48)5-8-28(17)55-16-18)6-7-24-30(25)35(53)46(33(24)51)10-9-29(49)50/h1-6,8,12-13,15-16,24-26,30-31,48H,7,9-11,14H2,(H,44,45)(H,49,50)/t24-,25+,26-,30-,31-,37+/m0/s1. The number of carbonyl (C=O) groups excluding carboxylic acids is 4. The normalized spacial score (nSPS) is 27.1. The fourth-order valence-corrected chi connectivity index (χ4v) is 9.43. The molecule has 6 atom stereocenters. The Hall–Kier alpha value is -5.41. The number of ether oxygens (including phenoxy) is 1. The summed E-state index contributed by atoms with van der Waals surface area (Å²) in [6.07, 6.45) is -1.34.